The van der Waals surface area contributed by atoms with Crippen LogP contribution in [-0.4, -0.2) is 22.4 Å². The smallest absolute Gasteiger partial charge is 0.410 e. The average Bonchev–Trinajstić information content (AvgIpc) is 2.83. The van der Waals surface area contributed by atoms with Gasteiger partial charge in [0, 0.05) is 25.9 Å². The van der Waals surface area contributed by atoms with E-state index in [0.717, 1.165) is 6.42 Å². The van der Waals surface area contributed by atoms with Crippen molar-refractivity contribution in [2.24, 2.45) is 7.05 Å². The Bertz CT molecular complexity index is 537. The van der Waals surface area contributed by atoms with Crippen LogP contribution in [0.1, 0.15) is 13.3 Å². The molecular weight excluding hydrogens is 242 g/mol. The van der Waals surface area contributed by atoms with E-state index in [-0.39, 0.29) is 0 Å². The maximum Gasteiger partial charge on any atom is 0.420 e. The summed E-state index contributed by atoms with van der Waals surface area (Å²) in [7, 11) is 1.82. The highest BCUT2D eigenvalue weighted by Gasteiger charge is 2.19. The van der Waals surface area contributed by atoms with Crippen LogP contribution in [0, 0.1) is 0 Å². The van der Waals surface area contributed by atoms with Gasteiger partial charge in [0.2, 0.25) is 0 Å². The second-order valence-electron chi connectivity index (χ2n) is 4.18. The SMILES string of the molecule is CCCN(C(=O)Oc1ccccc1)c1ccn(C)n1. The molecule has 0 N–H and O–H groups in total. The number of anilines is 1. The summed E-state index contributed by atoms with van der Waals surface area (Å²) in [6.07, 6.45) is 2.22. The minimum absolute atomic E-state index is 0.410. The van der Waals surface area contributed by atoms with Crippen molar-refractivity contribution in [2.45, 2.75) is 13.3 Å². The molecule has 1 amide bonds. The molecule has 0 saturated heterocycles. The zero-order chi connectivity index (χ0) is 13.7. The number of aryl methyl sites for hydroxylation is 1. The number of ether oxygens (including phenoxy) is 1. The first-order chi connectivity index (χ1) is 9.20. The molecule has 2 rings (SSSR count). The highest BCUT2D eigenvalue weighted by molar-refractivity contribution is 5.87. The zero-order valence-corrected chi connectivity index (χ0v) is 11.1. The highest BCUT2D eigenvalue weighted by atomic mass is 16.6. The summed E-state index contributed by atoms with van der Waals surface area (Å²) in [6, 6.07) is 10.8. The first kappa shape index (κ1) is 13.1. The Morgan fingerprint density at radius 2 is 2.05 bits per heavy atom. The average molecular weight is 259 g/mol. The Hall–Kier alpha value is -2.30. The fourth-order valence-corrected chi connectivity index (χ4v) is 1.71. The first-order valence-corrected chi connectivity index (χ1v) is 6.24. The summed E-state index contributed by atoms with van der Waals surface area (Å²) in [5.41, 5.74) is 0. The van der Waals surface area contributed by atoms with Crippen molar-refractivity contribution in [3.63, 3.8) is 0 Å². The van der Waals surface area contributed by atoms with Crippen LogP contribution >= 0.6 is 0 Å². The number of aromatic nitrogens is 2. The third-order valence-corrected chi connectivity index (χ3v) is 2.59. The van der Waals surface area contributed by atoms with Gasteiger partial charge >= 0.3 is 6.09 Å². The number of para-hydroxylation sites is 1. The second kappa shape index (κ2) is 6.04. The first-order valence-electron chi connectivity index (χ1n) is 6.24. The summed E-state index contributed by atoms with van der Waals surface area (Å²) in [5, 5.41) is 4.23. The molecule has 0 fully saturated rings. The number of carbonyl (C=O) groups excluding carboxylic acids is 1. The third-order valence-electron chi connectivity index (χ3n) is 2.59. The van der Waals surface area contributed by atoms with Crippen LogP contribution in [0.3, 0.4) is 0 Å². The molecule has 1 aromatic carbocycles. The summed E-state index contributed by atoms with van der Waals surface area (Å²) < 4.78 is 6.99. The van der Waals surface area contributed by atoms with Gasteiger partial charge in [0.25, 0.3) is 0 Å². The molecule has 0 spiro atoms. The summed E-state index contributed by atoms with van der Waals surface area (Å²) >= 11 is 0. The fourth-order valence-electron chi connectivity index (χ4n) is 1.71. The van der Waals surface area contributed by atoms with Gasteiger partial charge in [0.1, 0.15) is 5.75 Å². The number of hydrogen-bond donors (Lipinski definition) is 0. The molecule has 0 bridgehead atoms. The molecule has 0 aliphatic rings. The van der Waals surface area contributed by atoms with Gasteiger partial charge in [-0.2, -0.15) is 5.10 Å². The Morgan fingerprint density at radius 3 is 2.63 bits per heavy atom. The molecule has 5 heteroatoms. The van der Waals surface area contributed by atoms with Crippen LogP contribution < -0.4 is 9.64 Å². The van der Waals surface area contributed by atoms with E-state index >= 15 is 0 Å². The van der Waals surface area contributed by atoms with Crippen molar-refractivity contribution < 1.29 is 9.53 Å². The predicted octanol–water partition coefficient (Wildman–Crippen LogP) is 2.84. The predicted molar refractivity (Wildman–Crippen MR) is 73.3 cm³/mol. The molecule has 0 atom stereocenters. The molecule has 0 aliphatic heterocycles. The van der Waals surface area contributed by atoms with E-state index in [1.54, 1.807) is 29.1 Å². The molecule has 0 radical (unpaired) electrons. The van der Waals surface area contributed by atoms with Gasteiger partial charge in [-0.05, 0) is 18.6 Å². The molecule has 0 saturated carbocycles. The van der Waals surface area contributed by atoms with Crippen LogP contribution in [0.25, 0.3) is 0 Å². The normalized spacial score (nSPS) is 10.2. The van der Waals surface area contributed by atoms with E-state index in [0.29, 0.717) is 18.1 Å². The van der Waals surface area contributed by atoms with E-state index < -0.39 is 6.09 Å². The molecule has 5 nitrogen and oxygen atoms in total. The van der Waals surface area contributed by atoms with Crippen molar-refractivity contribution in [1.29, 1.82) is 0 Å². The molecule has 1 aromatic heterocycles. The fraction of sp³-hybridized carbons (Fsp3) is 0.286. The Kier molecular flexibility index (Phi) is 4.18. The highest BCUT2D eigenvalue weighted by Crippen LogP contribution is 2.15. The van der Waals surface area contributed by atoms with Crippen LogP contribution in [0.5, 0.6) is 5.75 Å². The van der Waals surface area contributed by atoms with Gasteiger partial charge in [-0.25, -0.2) is 4.79 Å². The van der Waals surface area contributed by atoms with E-state index in [4.69, 9.17) is 4.74 Å². The van der Waals surface area contributed by atoms with E-state index in [9.17, 15) is 4.79 Å². The molecule has 100 valence electrons. The van der Waals surface area contributed by atoms with Gasteiger partial charge < -0.3 is 4.74 Å². The van der Waals surface area contributed by atoms with Gasteiger partial charge in [-0.3, -0.25) is 9.58 Å². The van der Waals surface area contributed by atoms with Crippen molar-refractivity contribution in [3.8, 4) is 5.75 Å². The van der Waals surface area contributed by atoms with Gasteiger partial charge in [-0.15, -0.1) is 0 Å². The third kappa shape index (κ3) is 3.34. The Balaban J connectivity index is 2.13. The van der Waals surface area contributed by atoms with Crippen molar-refractivity contribution in [3.05, 3.63) is 42.6 Å². The zero-order valence-electron chi connectivity index (χ0n) is 11.1. The van der Waals surface area contributed by atoms with Crippen LogP contribution in [0.4, 0.5) is 10.6 Å². The molecule has 2 aromatic rings. The number of amides is 1. The second-order valence-corrected chi connectivity index (χ2v) is 4.18. The minimum atomic E-state index is -0.410. The van der Waals surface area contributed by atoms with Crippen molar-refractivity contribution in [2.75, 3.05) is 11.4 Å². The topological polar surface area (TPSA) is 47.4 Å². The van der Waals surface area contributed by atoms with Crippen molar-refractivity contribution in [1.82, 2.24) is 9.78 Å². The lowest BCUT2D eigenvalue weighted by atomic mass is 10.3. The number of rotatable bonds is 4. The van der Waals surface area contributed by atoms with Crippen LogP contribution in [0.2, 0.25) is 0 Å². The maximum atomic E-state index is 12.2. The molecular formula is C14H17N3O2. The van der Waals surface area contributed by atoms with Gasteiger partial charge in [-0.1, -0.05) is 25.1 Å². The Labute approximate surface area is 112 Å². The molecule has 0 unspecified atom stereocenters. The lowest BCUT2D eigenvalue weighted by Gasteiger charge is -2.18. The standard InChI is InChI=1S/C14H17N3O2/c1-3-10-17(13-9-11-16(2)15-13)14(18)19-12-7-5-4-6-8-12/h4-9,11H,3,10H2,1-2H3. The molecule has 1 heterocycles. The van der Waals surface area contributed by atoms with Gasteiger partial charge in [0.15, 0.2) is 5.82 Å². The molecule has 0 aliphatic carbocycles. The largest absolute Gasteiger partial charge is 0.420 e. The maximum absolute atomic E-state index is 12.2. The monoisotopic (exact) mass is 259 g/mol. The number of hydrogen-bond acceptors (Lipinski definition) is 3. The van der Waals surface area contributed by atoms with Crippen LogP contribution in [-0.2, 0) is 7.05 Å². The summed E-state index contributed by atoms with van der Waals surface area (Å²) in [4.78, 5) is 13.7. The van der Waals surface area contributed by atoms with E-state index in [2.05, 4.69) is 5.10 Å². The lowest BCUT2D eigenvalue weighted by molar-refractivity contribution is 0.207. The number of carbonyl (C=O) groups is 1. The van der Waals surface area contributed by atoms with Gasteiger partial charge in [0.05, 0.1) is 0 Å². The van der Waals surface area contributed by atoms with E-state index in [1.807, 2.05) is 32.2 Å². The molecule has 19 heavy (non-hydrogen) atoms. The van der Waals surface area contributed by atoms with Crippen LogP contribution in [0.15, 0.2) is 42.6 Å². The quantitative estimate of drug-likeness (QED) is 0.848. The summed E-state index contributed by atoms with van der Waals surface area (Å²) in [5.74, 6) is 1.13. The van der Waals surface area contributed by atoms with E-state index in [1.165, 1.54) is 4.90 Å². The Morgan fingerprint density at radius 1 is 1.32 bits per heavy atom. The lowest BCUT2D eigenvalue weighted by Crippen LogP contribution is -2.34. The number of nitrogens with zero attached hydrogens (tertiary/aromatic N) is 3. The van der Waals surface area contributed by atoms with Crippen molar-refractivity contribution >= 4 is 11.9 Å². The summed E-state index contributed by atoms with van der Waals surface area (Å²) in [6.45, 7) is 2.58. The minimum Gasteiger partial charge on any atom is -0.410 e. The number of benzene rings is 1.